The van der Waals surface area contributed by atoms with Crippen molar-refractivity contribution in [2.75, 3.05) is 13.1 Å². The Bertz CT molecular complexity index is 1000. The summed E-state index contributed by atoms with van der Waals surface area (Å²) in [5, 5.41) is 0. The second-order valence-electron chi connectivity index (χ2n) is 7.21. The molecule has 3 aliphatic heterocycles. The first-order valence-electron chi connectivity index (χ1n) is 9.96. The molecule has 152 valence electrons. The van der Waals surface area contributed by atoms with Crippen LogP contribution in [0, 0.1) is 5.92 Å². The first kappa shape index (κ1) is 19.6. The minimum Gasteiger partial charge on any atom is -0.464 e. The molecule has 6 heteroatoms. The second kappa shape index (κ2) is 9.22. The predicted molar refractivity (Wildman–Crippen MR) is 120 cm³/mol. The molecule has 0 aromatic carbocycles. The number of carbonyl (C=O) groups is 1. The molecule has 6 nitrogen and oxygen atoms in total. The summed E-state index contributed by atoms with van der Waals surface area (Å²) >= 11 is 0. The fraction of sp³-hybridized carbons (Fsp3) is 0.208. The van der Waals surface area contributed by atoms with Crippen molar-refractivity contribution in [3.8, 4) is 0 Å². The van der Waals surface area contributed by atoms with Crippen molar-refractivity contribution in [1.82, 2.24) is 4.90 Å². The first-order valence-corrected chi connectivity index (χ1v) is 9.96. The van der Waals surface area contributed by atoms with Gasteiger partial charge in [0.25, 0.3) is 0 Å². The minimum absolute atomic E-state index is 0.0751. The quantitative estimate of drug-likeness (QED) is 0.734. The summed E-state index contributed by atoms with van der Waals surface area (Å²) in [5.41, 5.74) is 7.83. The van der Waals surface area contributed by atoms with Gasteiger partial charge in [0.15, 0.2) is 0 Å². The normalized spacial score (nSPS) is 25.4. The lowest BCUT2D eigenvalue weighted by molar-refractivity contribution is -0.120. The zero-order valence-corrected chi connectivity index (χ0v) is 16.6. The van der Waals surface area contributed by atoms with E-state index >= 15 is 0 Å². The van der Waals surface area contributed by atoms with Gasteiger partial charge in [-0.3, -0.25) is 14.8 Å². The van der Waals surface area contributed by atoms with E-state index in [1.54, 1.807) is 24.7 Å². The molecule has 2 atom stereocenters. The predicted octanol–water partition coefficient (Wildman–Crippen LogP) is 3.12. The fourth-order valence-electron chi connectivity index (χ4n) is 3.67. The smallest absolute Gasteiger partial charge is 0.244 e. The summed E-state index contributed by atoms with van der Waals surface area (Å²) < 4.78 is 6.26. The van der Waals surface area contributed by atoms with E-state index in [1.807, 2.05) is 47.4 Å². The Morgan fingerprint density at radius 1 is 1.13 bits per heavy atom. The van der Waals surface area contributed by atoms with Gasteiger partial charge in [-0.05, 0) is 36.3 Å². The second-order valence-corrected chi connectivity index (χ2v) is 7.21. The number of primary amides is 1. The standard InChI is InChI=1S/C24H24N4O2/c25-24(29)22-16-19-17-28(22)14-13-26-11-6-4-2-1-3-5-7-18-8-9-21-20(15-18)23(30-19)10-12-27-21/h1-11,13-14,16,20,22H,12,15,17H2,(H2,25,29). The van der Waals surface area contributed by atoms with Crippen molar-refractivity contribution in [2.24, 2.45) is 21.6 Å². The number of carbonyl (C=O) groups excluding carboxylic acids is 1. The monoisotopic (exact) mass is 400 g/mol. The van der Waals surface area contributed by atoms with Crippen LogP contribution in [0.2, 0.25) is 0 Å². The molecule has 2 unspecified atom stereocenters. The third-order valence-electron chi connectivity index (χ3n) is 5.14. The molecule has 0 fully saturated rings. The van der Waals surface area contributed by atoms with Crippen LogP contribution >= 0.6 is 0 Å². The number of amides is 1. The maximum atomic E-state index is 11.9. The lowest BCUT2D eigenvalue weighted by Crippen LogP contribution is -2.37. The van der Waals surface area contributed by atoms with Gasteiger partial charge in [0.2, 0.25) is 5.91 Å². The zero-order valence-electron chi connectivity index (χ0n) is 16.6. The van der Waals surface area contributed by atoms with Gasteiger partial charge in [0.1, 0.15) is 17.6 Å². The molecule has 0 aromatic rings. The van der Waals surface area contributed by atoms with Crippen molar-refractivity contribution in [2.45, 2.75) is 12.5 Å². The highest BCUT2D eigenvalue weighted by atomic mass is 16.5. The third kappa shape index (κ3) is 4.66. The Labute approximate surface area is 176 Å². The highest BCUT2D eigenvalue weighted by Crippen LogP contribution is 2.33. The van der Waals surface area contributed by atoms with E-state index in [9.17, 15) is 4.79 Å². The summed E-state index contributed by atoms with van der Waals surface area (Å²) in [5.74, 6) is 1.24. The number of nitrogens with two attached hydrogens (primary N) is 1. The van der Waals surface area contributed by atoms with E-state index < -0.39 is 11.9 Å². The molecule has 0 radical (unpaired) electrons. The SMILES string of the molecule is NC(=O)C1C=C2CN1C=CN=CC=CC=CC=CC=C1C=CC3=NCC=C(O2)C3C1. The van der Waals surface area contributed by atoms with Crippen molar-refractivity contribution in [3.63, 3.8) is 0 Å². The molecule has 0 aromatic heterocycles. The molecule has 1 amide bonds. The minimum atomic E-state index is -0.556. The van der Waals surface area contributed by atoms with Crippen LogP contribution in [0.4, 0.5) is 0 Å². The van der Waals surface area contributed by atoms with Crippen molar-refractivity contribution < 1.29 is 9.53 Å². The average Bonchev–Trinajstić information content (AvgIpc) is 3.14. The number of nitrogens with zero attached hydrogens (tertiary/aromatic N) is 3. The number of hydrogen-bond donors (Lipinski definition) is 1. The Morgan fingerprint density at radius 2 is 1.97 bits per heavy atom. The molecule has 2 N–H and O–H groups in total. The Hall–Kier alpha value is -3.67. The van der Waals surface area contributed by atoms with E-state index in [1.165, 1.54) is 5.57 Å². The van der Waals surface area contributed by atoms with Crippen LogP contribution in [-0.4, -0.2) is 41.9 Å². The van der Waals surface area contributed by atoms with Gasteiger partial charge in [-0.15, -0.1) is 0 Å². The first-order chi connectivity index (χ1) is 14.7. The third-order valence-corrected chi connectivity index (χ3v) is 5.14. The summed E-state index contributed by atoms with van der Waals surface area (Å²) in [6, 6.07) is -0.556. The molecular formula is C24H24N4O2. The number of aliphatic imine (C=N–C) groups is 2. The van der Waals surface area contributed by atoms with Crippen LogP contribution in [0.15, 0.2) is 106 Å². The Kier molecular flexibility index (Phi) is 6.03. The number of fused-ring (bicyclic) bond motifs is 3. The molecule has 1 aliphatic carbocycles. The van der Waals surface area contributed by atoms with E-state index in [0.29, 0.717) is 18.8 Å². The van der Waals surface area contributed by atoms with Gasteiger partial charge < -0.3 is 15.4 Å². The molecule has 4 bridgehead atoms. The number of ether oxygens (including phenoxy) is 1. The van der Waals surface area contributed by atoms with Crippen LogP contribution in [0.25, 0.3) is 0 Å². The van der Waals surface area contributed by atoms with Crippen LogP contribution in [-0.2, 0) is 9.53 Å². The van der Waals surface area contributed by atoms with Crippen LogP contribution in [0.3, 0.4) is 0 Å². The van der Waals surface area contributed by atoms with Gasteiger partial charge in [-0.1, -0.05) is 42.5 Å². The average molecular weight is 400 g/mol. The van der Waals surface area contributed by atoms with Crippen molar-refractivity contribution in [1.29, 1.82) is 0 Å². The summed E-state index contributed by atoms with van der Waals surface area (Å²) in [4.78, 5) is 22.5. The zero-order chi connectivity index (χ0) is 20.8. The molecule has 0 saturated carbocycles. The van der Waals surface area contributed by atoms with Crippen LogP contribution < -0.4 is 5.73 Å². The number of allylic oxidation sites excluding steroid dienone is 11. The maximum Gasteiger partial charge on any atom is 0.244 e. The maximum absolute atomic E-state index is 11.9. The highest BCUT2D eigenvalue weighted by Gasteiger charge is 2.32. The van der Waals surface area contributed by atoms with Gasteiger partial charge in [-0.25, -0.2) is 0 Å². The van der Waals surface area contributed by atoms with E-state index in [4.69, 9.17) is 10.5 Å². The molecule has 0 saturated heterocycles. The topological polar surface area (TPSA) is 80.3 Å². The largest absolute Gasteiger partial charge is 0.464 e. The Balaban J connectivity index is 1.64. The summed E-state index contributed by atoms with van der Waals surface area (Å²) in [7, 11) is 0. The summed E-state index contributed by atoms with van der Waals surface area (Å²) in [6.45, 7) is 1.04. The number of hydrogen-bond acceptors (Lipinski definition) is 5. The van der Waals surface area contributed by atoms with Crippen molar-refractivity contribution in [3.05, 3.63) is 96.3 Å². The molecule has 30 heavy (non-hydrogen) atoms. The van der Waals surface area contributed by atoms with Gasteiger partial charge in [-0.2, -0.15) is 0 Å². The number of dihydropyridines is 1. The molecule has 4 rings (SSSR count). The lowest BCUT2D eigenvalue weighted by Gasteiger charge is -2.27. The molecule has 0 spiro atoms. The lowest BCUT2D eigenvalue weighted by atomic mass is 9.85. The van der Waals surface area contributed by atoms with Gasteiger partial charge >= 0.3 is 0 Å². The Morgan fingerprint density at radius 3 is 2.83 bits per heavy atom. The van der Waals surface area contributed by atoms with Crippen LogP contribution in [0.5, 0.6) is 0 Å². The fourth-order valence-corrected chi connectivity index (χ4v) is 3.67. The van der Waals surface area contributed by atoms with E-state index in [2.05, 4.69) is 28.2 Å². The van der Waals surface area contributed by atoms with Crippen molar-refractivity contribution >= 4 is 17.8 Å². The molecular weight excluding hydrogens is 376 g/mol. The van der Waals surface area contributed by atoms with E-state index in [-0.39, 0.29) is 5.92 Å². The molecule has 3 heterocycles. The number of rotatable bonds is 1. The highest BCUT2D eigenvalue weighted by molar-refractivity contribution is 6.00. The molecule has 4 aliphatic rings. The van der Waals surface area contributed by atoms with Gasteiger partial charge in [0.05, 0.1) is 19.0 Å². The van der Waals surface area contributed by atoms with Crippen LogP contribution in [0.1, 0.15) is 6.42 Å². The van der Waals surface area contributed by atoms with Gasteiger partial charge in [0, 0.05) is 24.3 Å². The summed E-state index contributed by atoms with van der Waals surface area (Å²) in [6.07, 6.45) is 27.6. The van der Waals surface area contributed by atoms with E-state index in [0.717, 1.165) is 17.9 Å².